The summed E-state index contributed by atoms with van der Waals surface area (Å²) in [5.74, 6) is 2.37. The van der Waals surface area contributed by atoms with Crippen LogP contribution in [-0.4, -0.2) is 6.10 Å². The van der Waals surface area contributed by atoms with Crippen LogP contribution in [0.5, 0.6) is 5.75 Å². The molecule has 1 aliphatic carbocycles. The maximum Gasteiger partial charge on any atom is 0.124 e. The Bertz CT molecular complexity index is 381. The molecule has 3 atom stereocenters. The highest BCUT2D eigenvalue weighted by Crippen LogP contribution is 2.45. The van der Waals surface area contributed by atoms with Crippen LogP contribution in [0, 0.1) is 5.92 Å². The number of para-hydroxylation sites is 1. The normalized spacial score (nSPS) is 33.4. The van der Waals surface area contributed by atoms with Crippen LogP contribution in [0.2, 0.25) is 0 Å². The summed E-state index contributed by atoms with van der Waals surface area (Å²) < 4.78 is 5.89. The Morgan fingerprint density at radius 1 is 1.29 bits per heavy atom. The standard InChI is InChI=1S/C13H14O/c1-9-5-4-8-12-13(9)10-6-2-3-7-11(10)14-12/h2-4,6-9,12-13H,5H2,1H3/t9-,12?,13?/m1/s1. The Labute approximate surface area is 84.4 Å². The van der Waals surface area contributed by atoms with Crippen molar-refractivity contribution in [3.63, 3.8) is 0 Å². The summed E-state index contributed by atoms with van der Waals surface area (Å²) in [6, 6.07) is 8.43. The van der Waals surface area contributed by atoms with Gasteiger partial charge < -0.3 is 4.74 Å². The van der Waals surface area contributed by atoms with Gasteiger partial charge in [-0.3, -0.25) is 0 Å². The SMILES string of the molecule is C[C@@H]1CC=CC2Oc3ccccc3C21. The average Bonchev–Trinajstić information content (AvgIpc) is 2.57. The van der Waals surface area contributed by atoms with E-state index in [9.17, 15) is 0 Å². The summed E-state index contributed by atoms with van der Waals surface area (Å²) >= 11 is 0. The van der Waals surface area contributed by atoms with E-state index in [1.807, 2.05) is 6.07 Å². The van der Waals surface area contributed by atoms with Crippen molar-refractivity contribution >= 4 is 0 Å². The molecule has 2 aliphatic rings. The Hall–Kier alpha value is -1.24. The van der Waals surface area contributed by atoms with E-state index in [0.717, 1.165) is 5.75 Å². The first-order valence-electron chi connectivity index (χ1n) is 5.28. The fraction of sp³-hybridized carbons (Fsp3) is 0.385. The molecule has 14 heavy (non-hydrogen) atoms. The van der Waals surface area contributed by atoms with Gasteiger partial charge in [0.2, 0.25) is 0 Å². The van der Waals surface area contributed by atoms with Gasteiger partial charge in [-0.25, -0.2) is 0 Å². The van der Waals surface area contributed by atoms with Gasteiger partial charge in [0.05, 0.1) is 0 Å². The zero-order valence-corrected chi connectivity index (χ0v) is 8.31. The third-order valence-corrected chi connectivity index (χ3v) is 3.34. The Morgan fingerprint density at radius 3 is 3.07 bits per heavy atom. The monoisotopic (exact) mass is 186 g/mol. The maximum absolute atomic E-state index is 5.89. The van der Waals surface area contributed by atoms with Gasteiger partial charge >= 0.3 is 0 Å². The fourth-order valence-electron chi connectivity index (χ4n) is 2.62. The molecule has 0 aromatic heterocycles. The van der Waals surface area contributed by atoms with Crippen LogP contribution in [0.15, 0.2) is 36.4 Å². The van der Waals surface area contributed by atoms with Gasteiger partial charge in [0, 0.05) is 11.5 Å². The molecular weight excluding hydrogens is 172 g/mol. The molecule has 1 heteroatoms. The number of benzene rings is 1. The highest BCUT2D eigenvalue weighted by Gasteiger charge is 2.37. The van der Waals surface area contributed by atoms with Crippen LogP contribution < -0.4 is 4.74 Å². The second kappa shape index (κ2) is 2.88. The molecular formula is C13H14O. The van der Waals surface area contributed by atoms with E-state index in [0.29, 0.717) is 11.8 Å². The topological polar surface area (TPSA) is 9.23 Å². The van der Waals surface area contributed by atoms with E-state index in [2.05, 4.69) is 37.3 Å². The van der Waals surface area contributed by atoms with Crippen molar-refractivity contribution in [1.82, 2.24) is 0 Å². The van der Waals surface area contributed by atoms with Crippen LogP contribution in [-0.2, 0) is 0 Å². The van der Waals surface area contributed by atoms with Crippen LogP contribution in [0.25, 0.3) is 0 Å². The first kappa shape index (κ1) is 8.10. The predicted molar refractivity (Wildman–Crippen MR) is 56.5 cm³/mol. The quantitative estimate of drug-likeness (QED) is 0.566. The number of hydrogen-bond donors (Lipinski definition) is 0. The van der Waals surface area contributed by atoms with Gasteiger partial charge in [-0.2, -0.15) is 0 Å². The second-order valence-corrected chi connectivity index (χ2v) is 4.29. The van der Waals surface area contributed by atoms with Crippen LogP contribution in [0.4, 0.5) is 0 Å². The minimum absolute atomic E-state index is 0.288. The molecule has 0 N–H and O–H groups in total. The molecule has 3 rings (SSSR count). The number of fused-ring (bicyclic) bond motifs is 3. The molecule has 1 nitrogen and oxygen atoms in total. The number of rotatable bonds is 0. The number of allylic oxidation sites excluding steroid dienone is 1. The largest absolute Gasteiger partial charge is 0.485 e. The second-order valence-electron chi connectivity index (χ2n) is 4.29. The zero-order valence-electron chi connectivity index (χ0n) is 8.31. The number of hydrogen-bond acceptors (Lipinski definition) is 1. The summed E-state index contributed by atoms with van der Waals surface area (Å²) in [6.07, 6.45) is 5.93. The van der Waals surface area contributed by atoms with E-state index in [1.165, 1.54) is 12.0 Å². The summed E-state index contributed by atoms with van der Waals surface area (Å²) in [6.45, 7) is 2.31. The molecule has 72 valence electrons. The van der Waals surface area contributed by atoms with Crippen molar-refractivity contribution in [2.24, 2.45) is 5.92 Å². The van der Waals surface area contributed by atoms with E-state index in [-0.39, 0.29) is 6.10 Å². The van der Waals surface area contributed by atoms with E-state index in [4.69, 9.17) is 4.74 Å². The van der Waals surface area contributed by atoms with Gasteiger partial charge in [-0.05, 0) is 24.5 Å². The lowest BCUT2D eigenvalue weighted by Gasteiger charge is -2.25. The lowest BCUT2D eigenvalue weighted by Crippen LogP contribution is -2.24. The molecule has 1 aromatic carbocycles. The zero-order chi connectivity index (χ0) is 9.54. The maximum atomic E-state index is 5.89. The van der Waals surface area contributed by atoms with Crippen LogP contribution in [0.1, 0.15) is 24.8 Å². The Kier molecular flexibility index (Phi) is 1.66. The van der Waals surface area contributed by atoms with Crippen molar-refractivity contribution in [1.29, 1.82) is 0 Å². The number of ether oxygens (including phenoxy) is 1. The Balaban J connectivity index is 2.09. The minimum atomic E-state index is 0.288. The first-order valence-corrected chi connectivity index (χ1v) is 5.28. The first-order chi connectivity index (χ1) is 6.86. The highest BCUT2D eigenvalue weighted by molar-refractivity contribution is 5.43. The summed E-state index contributed by atoms with van der Waals surface area (Å²) in [7, 11) is 0. The van der Waals surface area contributed by atoms with Crippen molar-refractivity contribution in [3.8, 4) is 5.75 Å². The van der Waals surface area contributed by atoms with Gasteiger partial charge in [0.15, 0.2) is 0 Å². The molecule has 0 saturated heterocycles. The smallest absolute Gasteiger partial charge is 0.124 e. The lowest BCUT2D eigenvalue weighted by atomic mass is 9.79. The van der Waals surface area contributed by atoms with Crippen molar-refractivity contribution in [2.45, 2.75) is 25.4 Å². The average molecular weight is 186 g/mol. The van der Waals surface area contributed by atoms with Gasteiger partial charge in [-0.15, -0.1) is 0 Å². The molecule has 0 saturated carbocycles. The molecule has 0 amide bonds. The molecule has 2 unspecified atom stereocenters. The molecule has 1 aliphatic heterocycles. The third kappa shape index (κ3) is 1.02. The van der Waals surface area contributed by atoms with Crippen molar-refractivity contribution in [3.05, 3.63) is 42.0 Å². The summed E-state index contributed by atoms with van der Waals surface area (Å²) in [5.41, 5.74) is 1.40. The minimum Gasteiger partial charge on any atom is -0.485 e. The van der Waals surface area contributed by atoms with E-state index < -0.39 is 0 Å². The fourth-order valence-corrected chi connectivity index (χ4v) is 2.62. The molecule has 0 fully saturated rings. The van der Waals surface area contributed by atoms with Crippen LogP contribution >= 0.6 is 0 Å². The van der Waals surface area contributed by atoms with Gasteiger partial charge in [0.25, 0.3) is 0 Å². The molecule has 1 aromatic rings. The Morgan fingerprint density at radius 2 is 2.14 bits per heavy atom. The molecule has 0 spiro atoms. The lowest BCUT2D eigenvalue weighted by molar-refractivity contribution is 0.217. The van der Waals surface area contributed by atoms with Crippen molar-refractivity contribution < 1.29 is 4.74 Å². The highest BCUT2D eigenvalue weighted by atomic mass is 16.5. The van der Waals surface area contributed by atoms with Crippen molar-refractivity contribution in [2.75, 3.05) is 0 Å². The van der Waals surface area contributed by atoms with E-state index >= 15 is 0 Å². The molecule has 0 bridgehead atoms. The third-order valence-electron chi connectivity index (χ3n) is 3.34. The van der Waals surface area contributed by atoms with Crippen LogP contribution in [0.3, 0.4) is 0 Å². The van der Waals surface area contributed by atoms with Gasteiger partial charge in [-0.1, -0.05) is 31.2 Å². The summed E-state index contributed by atoms with van der Waals surface area (Å²) in [4.78, 5) is 0. The predicted octanol–water partition coefficient (Wildman–Crippen LogP) is 3.13. The summed E-state index contributed by atoms with van der Waals surface area (Å²) in [5, 5.41) is 0. The molecule has 1 heterocycles. The van der Waals surface area contributed by atoms with Gasteiger partial charge in [0.1, 0.15) is 11.9 Å². The van der Waals surface area contributed by atoms with E-state index in [1.54, 1.807) is 0 Å². The molecule has 0 radical (unpaired) electrons.